The summed E-state index contributed by atoms with van der Waals surface area (Å²) in [6, 6.07) is 7.24. The van der Waals surface area contributed by atoms with Crippen molar-refractivity contribution in [3.63, 3.8) is 0 Å². The minimum absolute atomic E-state index is 0.142. The molecule has 1 unspecified atom stereocenters. The van der Waals surface area contributed by atoms with Crippen molar-refractivity contribution in [1.82, 2.24) is 4.90 Å². The molecule has 0 radical (unpaired) electrons. The number of rotatable bonds is 5. The van der Waals surface area contributed by atoms with Crippen molar-refractivity contribution < 1.29 is 14.6 Å². The van der Waals surface area contributed by atoms with Gasteiger partial charge in [0.15, 0.2) is 5.78 Å². The van der Waals surface area contributed by atoms with E-state index in [2.05, 4.69) is 4.90 Å². The van der Waals surface area contributed by atoms with Crippen LogP contribution in [-0.2, 0) is 0 Å². The molecule has 0 saturated carbocycles. The first-order valence-electron chi connectivity index (χ1n) is 7.18. The maximum atomic E-state index is 12.2. The number of carbonyl (C=O) groups is 1. The summed E-state index contributed by atoms with van der Waals surface area (Å²) in [6.07, 6.45) is 1.69. The highest BCUT2D eigenvalue weighted by Gasteiger charge is 2.23. The molecule has 2 rings (SSSR count). The van der Waals surface area contributed by atoms with Crippen molar-refractivity contribution in [2.45, 2.75) is 25.9 Å². The lowest BCUT2D eigenvalue weighted by Gasteiger charge is -2.32. The quantitative estimate of drug-likeness (QED) is 0.836. The van der Waals surface area contributed by atoms with Crippen LogP contribution in [0.2, 0.25) is 0 Å². The lowest BCUT2D eigenvalue weighted by atomic mass is 9.92. The molecule has 1 aliphatic heterocycles. The second-order valence-corrected chi connectivity index (χ2v) is 5.51. The number of aliphatic hydroxyl groups is 1. The highest BCUT2D eigenvalue weighted by atomic mass is 16.5. The summed E-state index contributed by atoms with van der Waals surface area (Å²) < 4.78 is 5.09. The van der Waals surface area contributed by atoms with E-state index in [1.807, 2.05) is 31.2 Å². The molecule has 110 valence electrons. The van der Waals surface area contributed by atoms with Crippen LogP contribution in [0.4, 0.5) is 0 Å². The standard InChI is InChI=1S/C16H23NO3/c1-12(18)13-7-9-17(10-8-13)11-16(19)14-3-5-15(20-2)6-4-14/h3-6,12-13,18H,7-11H2,1-2H3. The Morgan fingerprint density at radius 3 is 2.45 bits per heavy atom. The molecule has 0 amide bonds. The monoisotopic (exact) mass is 277 g/mol. The molecule has 1 aromatic carbocycles. The van der Waals surface area contributed by atoms with E-state index >= 15 is 0 Å². The lowest BCUT2D eigenvalue weighted by Crippen LogP contribution is -2.39. The van der Waals surface area contributed by atoms with Gasteiger partial charge in [0.1, 0.15) is 5.75 Å². The number of aliphatic hydroxyl groups excluding tert-OH is 1. The van der Waals surface area contributed by atoms with Gasteiger partial charge in [-0.3, -0.25) is 9.69 Å². The Labute approximate surface area is 120 Å². The molecule has 4 nitrogen and oxygen atoms in total. The topological polar surface area (TPSA) is 49.8 Å². The molecule has 1 saturated heterocycles. The molecule has 0 aromatic heterocycles. The third-order valence-corrected chi connectivity index (χ3v) is 4.09. The van der Waals surface area contributed by atoms with Gasteiger partial charge >= 0.3 is 0 Å². The highest BCUT2D eigenvalue weighted by Crippen LogP contribution is 2.21. The zero-order valence-corrected chi connectivity index (χ0v) is 12.2. The Hall–Kier alpha value is -1.39. The van der Waals surface area contributed by atoms with Crippen LogP contribution in [0, 0.1) is 5.92 Å². The molecule has 0 bridgehead atoms. The summed E-state index contributed by atoms with van der Waals surface area (Å²) in [5.74, 6) is 1.28. The predicted molar refractivity (Wildman–Crippen MR) is 78.2 cm³/mol. The maximum Gasteiger partial charge on any atom is 0.176 e. The maximum absolute atomic E-state index is 12.2. The van der Waals surface area contributed by atoms with Crippen LogP contribution in [0.1, 0.15) is 30.1 Å². The third kappa shape index (κ3) is 3.81. The van der Waals surface area contributed by atoms with E-state index in [0.29, 0.717) is 12.5 Å². The molecule has 0 aliphatic carbocycles. The number of hydrogen-bond acceptors (Lipinski definition) is 4. The van der Waals surface area contributed by atoms with Gasteiger partial charge in [-0.2, -0.15) is 0 Å². The van der Waals surface area contributed by atoms with E-state index in [0.717, 1.165) is 37.2 Å². The minimum atomic E-state index is -0.241. The van der Waals surface area contributed by atoms with E-state index < -0.39 is 0 Å². The molecule has 20 heavy (non-hydrogen) atoms. The zero-order valence-electron chi connectivity index (χ0n) is 12.2. The molecule has 4 heteroatoms. The van der Waals surface area contributed by atoms with Crippen molar-refractivity contribution >= 4 is 5.78 Å². The van der Waals surface area contributed by atoms with Gasteiger partial charge < -0.3 is 9.84 Å². The number of hydrogen-bond donors (Lipinski definition) is 1. The van der Waals surface area contributed by atoms with E-state index in [9.17, 15) is 9.90 Å². The van der Waals surface area contributed by atoms with Crippen LogP contribution >= 0.6 is 0 Å². The molecule has 1 fully saturated rings. The van der Waals surface area contributed by atoms with Crippen LogP contribution in [0.3, 0.4) is 0 Å². The van der Waals surface area contributed by atoms with Crippen LogP contribution < -0.4 is 4.74 Å². The van der Waals surface area contributed by atoms with Crippen LogP contribution in [0.25, 0.3) is 0 Å². The van der Waals surface area contributed by atoms with Crippen molar-refractivity contribution in [2.75, 3.05) is 26.7 Å². The SMILES string of the molecule is COc1ccc(C(=O)CN2CCC(C(C)O)CC2)cc1. The van der Waals surface area contributed by atoms with E-state index in [-0.39, 0.29) is 11.9 Å². The number of carbonyl (C=O) groups excluding carboxylic acids is 1. The largest absolute Gasteiger partial charge is 0.497 e. The summed E-state index contributed by atoms with van der Waals surface area (Å²) in [5, 5.41) is 9.58. The van der Waals surface area contributed by atoms with Crippen LogP contribution in [-0.4, -0.2) is 48.6 Å². The number of methoxy groups -OCH3 is 1. The van der Waals surface area contributed by atoms with Gasteiger partial charge in [-0.25, -0.2) is 0 Å². The Bertz CT molecular complexity index is 434. The Morgan fingerprint density at radius 1 is 1.35 bits per heavy atom. The minimum Gasteiger partial charge on any atom is -0.497 e. The van der Waals surface area contributed by atoms with Crippen molar-refractivity contribution in [3.8, 4) is 5.75 Å². The first kappa shape index (κ1) is 15.0. The molecule has 1 N–H and O–H groups in total. The number of likely N-dealkylation sites (tertiary alicyclic amines) is 1. The van der Waals surface area contributed by atoms with Gasteiger partial charge in [-0.15, -0.1) is 0 Å². The summed E-state index contributed by atoms with van der Waals surface area (Å²) in [7, 11) is 1.61. The average molecular weight is 277 g/mol. The zero-order chi connectivity index (χ0) is 14.5. The fourth-order valence-electron chi connectivity index (χ4n) is 2.66. The molecule has 1 atom stereocenters. The van der Waals surface area contributed by atoms with Crippen molar-refractivity contribution in [3.05, 3.63) is 29.8 Å². The number of Topliss-reactive ketones (excluding diaryl/α,β-unsaturated/α-hetero) is 1. The normalized spacial score (nSPS) is 18.8. The predicted octanol–water partition coefficient (Wildman–Crippen LogP) is 1.97. The molecule has 1 aromatic rings. The first-order valence-corrected chi connectivity index (χ1v) is 7.18. The van der Waals surface area contributed by atoms with E-state index in [1.54, 1.807) is 7.11 Å². The van der Waals surface area contributed by atoms with E-state index in [1.165, 1.54) is 0 Å². The summed E-state index contributed by atoms with van der Waals surface area (Å²) in [6.45, 7) is 4.08. The summed E-state index contributed by atoms with van der Waals surface area (Å²) >= 11 is 0. The van der Waals surface area contributed by atoms with Gasteiger partial charge in [0.25, 0.3) is 0 Å². The lowest BCUT2D eigenvalue weighted by molar-refractivity contribution is 0.0664. The second kappa shape index (κ2) is 6.86. The number of ketones is 1. The number of piperidine rings is 1. The molecule has 1 aliphatic rings. The number of ether oxygens (including phenoxy) is 1. The van der Waals surface area contributed by atoms with Crippen LogP contribution in [0.15, 0.2) is 24.3 Å². The van der Waals surface area contributed by atoms with Crippen molar-refractivity contribution in [2.24, 2.45) is 5.92 Å². The molecular weight excluding hydrogens is 254 g/mol. The van der Waals surface area contributed by atoms with Gasteiger partial charge in [-0.1, -0.05) is 0 Å². The Morgan fingerprint density at radius 2 is 1.95 bits per heavy atom. The van der Waals surface area contributed by atoms with Crippen molar-refractivity contribution in [1.29, 1.82) is 0 Å². The molecule has 0 spiro atoms. The smallest absolute Gasteiger partial charge is 0.176 e. The summed E-state index contributed by atoms with van der Waals surface area (Å²) in [5.41, 5.74) is 0.725. The molecular formula is C16H23NO3. The Kier molecular flexibility index (Phi) is 5.15. The fraction of sp³-hybridized carbons (Fsp3) is 0.562. The third-order valence-electron chi connectivity index (χ3n) is 4.09. The van der Waals surface area contributed by atoms with Gasteiger partial charge in [0.2, 0.25) is 0 Å². The number of benzene rings is 1. The Balaban J connectivity index is 1.85. The van der Waals surface area contributed by atoms with Gasteiger partial charge in [-0.05, 0) is 63.0 Å². The molecule has 1 heterocycles. The number of nitrogens with zero attached hydrogens (tertiary/aromatic N) is 1. The van der Waals surface area contributed by atoms with Crippen LogP contribution in [0.5, 0.6) is 5.75 Å². The fourth-order valence-corrected chi connectivity index (χ4v) is 2.66. The summed E-state index contributed by atoms with van der Waals surface area (Å²) in [4.78, 5) is 14.4. The average Bonchev–Trinajstić information content (AvgIpc) is 2.48. The van der Waals surface area contributed by atoms with Gasteiger partial charge in [0.05, 0.1) is 19.8 Å². The first-order chi connectivity index (χ1) is 9.60. The highest BCUT2D eigenvalue weighted by molar-refractivity contribution is 5.97. The van der Waals surface area contributed by atoms with E-state index in [4.69, 9.17) is 4.74 Å². The second-order valence-electron chi connectivity index (χ2n) is 5.51. The van der Waals surface area contributed by atoms with Gasteiger partial charge in [0, 0.05) is 5.56 Å².